The zero-order chi connectivity index (χ0) is 22.0. The van der Waals surface area contributed by atoms with Gasteiger partial charge in [-0.15, -0.1) is 0 Å². The van der Waals surface area contributed by atoms with Crippen molar-refractivity contribution in [1.29, 1.82) is 0 Å². The van der Waals surface area contributed by atoms with Crippen LogP contribution in [0.2, 0.25) is 0 Å². The number of carbonyl (C=O) groups is 1. The highest BCUT2D eigenvalue weighted by Gasteiger charge is 2.24. The standard InChI is InChI=1S/C20H15F3N2O5/c1-2-5-28-20(27)29-8-10-16(22)18(25)15-13(26)7-14(30-19(15)17(10)23)9-3-4-12(24)11(21)6-9/h2-4,6-7H,1,5,8,24-25H2. The van der Waals surface area contributed by atoms with Gasteiger partial charge in [0.05, 0.1) is 22.3 Å². The zero-order valence-electron chi connectivity index (χ0n) is 15.3. The van der Waals surface area contributed by atoms with E-state index >= 15 is 0 Å². The Bertz CT molecular complexity index is 1220. The molecule has 0 spiro atoms. The number of carbonyl (C=O) groups excluding carboxylic acids is 1. The fraction of sp³-hybridized carbons (Fsp3) is 0.100. The molecular formula is C20H15F3N2O5. The first-order chi connectivity index (χ1) is 14.2. The molecule has 0 bridgehead atoms. The van der Waals surface area contributed by atoms with E-state index < -0.39 is 57.9 Å². The Kier molecular flexibility index (Phi) is 5.67. The van der Waals surface area contributed by atoms with Crippen LogP contribution in [0.4, 0.5) is 29.3 Å². The van der Waals surface area contributed by atoms with Crippen molar-refractivity contribution in [2.45, 2.75) is 6.61 Å². The summed E-state index contributed by atoms with van der Waals surface area (Å²) in [7, 11) is 0. The van der Waals surface area contributed by atoms with Crippen molar-refractivity contribution < 1.29 is 31.9 Å². The SMILES string of the molecule is C=CCOC(=O)OCc1c(F)c(N)c2c(=O)cc(-c3ccc(N)c(F)c3)oc2c1F. The highest BCUT2D eigenvalue weighted by Crippen LogP contribution is 2.32. The molecule has 0 aliphatic heterocycles. The van der Waals surface area contributed by atoms with Crippen molar-refractivity contribution in [3.8, 4) is 11.3 Å². The van der Waals surface area contributed by atoms with E-state index in [1.54, 1.807) is 0 Å². The summed E-state index contributed by atoms with van der Waals surface area (Å²) >= 11 is 0. The van der Waals surface area contributed by atoms with E-state index in [0.29, 0.717) is 0 Å². The molecule has 0 amide bonds. The maximum Gasteiger partial charge on any atom is 0.508 e. The van der Waals surface area contributed by atoms with Crippen LogP contribution in [0.3, 0.4) is 0 Å². The van der Waals surface area contributed by atoms with Crippen LogP contribution < -0.4 is 16.9 Å². The van der Waals surface area contributed by atoms with E-state index in [9.17, 15) is 22.8 Å². The third-order valence-corrected chi connectivity index (χ3v) is 4.12. The first kappa shape index (κ1) is 20.8. The van der Waals surface area contributed by atoms with Crippen molar-refractivity contribution in [2.75, 3.05) is 18.1 Å². The minimum Gasteiger partial charge on any atom is -0.453 e. The van der Waals surface area contributed by atoms with Crippen molar-refractivity contribution in [3.63, 3.8) is 0 Å². The molecule has 10 heteroatoms. The number of hydrogen-bond acceptors (Lipinski definition) is 7. The lowest BCUT2D eigenvalue weighted by Gasteiger charge is -2.12. The van der Waals surface area contributed by atoms with E-state index in [2.05, 4.69) is 16.1 Å². The molecule has 0 radical (unpaired) electrons. The lowest BCUT2D eigenvalue weighted by molar-refractivity contribution is 0.0562. The molecule has 156 valence electrons. The van der Waals surface area contributed by atoms with Crippen molar-refractivity contribution in [3.05, 3.63) is 70.2 Å². The maximum absolute atomic E-state index is 15.0. The molecule has 4 N–H and O–H groups in total. The molecule has 0 fully saturated rings. The molecule has 30 heavy (non-hydrogen) atoms. The van der Waals surface area contributed by atoms with Gasteiger partial charge in [-0.05, 0) is 18.2 Å². The van der Waals surface area contributed by atoms with Gasteiger partial charge in [0.2, 0.25) is 0 Å². The summed E-state index contributed by atoms with van der Waals surface area (Å²) in [5, 5.41) is -0.539. The number of nitrogen functional groups attached to an aromatic ring is 2. The molecule has 2 aromatic carbocycles. The van der Waals surface area contributed by atoms with E-state index in [1.165, 1.54) is 18.2 Å². The molecule has 0 aliphatic rings. The van der Waals surface area contributed by atoms with Gasteiger partial charge in [0.15, 0.2) is 22.6 Å². The highest BCUT2D eigenvalue weighted by atomic mass is 19.1. The van der Waals surface area contributed by atoms with Gasteiger partial charge in [0, 0.05) is 11.6 Å². The molecule has 0 unspecified atom stereocenters. The van der Waals surface area contributed by atoms with Crippen LogP contribution in [0.25, 0.3) is 22.3 Å². The number of nitrogens with two attached hydrogens (primary N) is 2. The summed E-state index contributed by atoms with van der Waals surface area (Å²) in [5.74, 6) is -3.56. The summed E-state index contributed by atoms with van der Waals surface area (Å²) in [6, 6.07) is 4.50. The Morgan fingerprint density at radius 2 is 1.87 bits per heavy atom. The molecule has 0 saturated heterocycles. The smallest absolute Gasteiger partial charge is 0.453 e. The van der Waals surface area contributed by atoms with Gasteiger partial charge >= 0.3 is 6.16 Å². The van der Waals surface area contributed by atoms with Gasteiger partial charge in [0.1, 0.15) is 24.8 Å². The minimum atomic E-state index is -1.30. The Labute approximate surface area is 167 Å². The average molecular weight is 420 g/mol. The highest BCUT2D eigenvalue weighted by molar-refractivity contribution is 5.91. The molecule has 3 aromatic rings. The van der Waals surface area contributed by atoms with Gasteiger partial charge in [0.25, 0.3) is 0 Å². The number of benzene rings is 2. The molecule has 0 saturated carbocycles. The lowest BCUT2D eigenvalue weighted by atomic mass is 10.1. The van der Waals surface area contributed by atoms with E-state index in [-0.39, 0.29) is 23.6 Å². The Hall–Kier alpha value is -3.95. The second-order valence-corrected chi connectivity index (χ2v) is 6.07. The van der Waals surface area contributed by atoms with Crippen LogP contribution >= 0.6 is 0 Å². The summed E-state index contributed by atoms with van der Waals surface area (Å²) < 4.78 is 57.8. The fourth-order valence-electron chi connectivity index (χ4n) is 2.66. The quantitative estimate of drug-likeness (QED) is 0.365. The Morgan fingerprint density at radius 3 is 2.53 bits per heavy atom. The first-order valence-electron chi connectivity index (χ1n) is 8.43. The van der Waals surface area contributed by atoms with E-state index in [4.69, 9.17) is 15.9 Å². The first-order valence-corrected chi connectivity index (χ1v) is 8.43. The zero-order valence-corrected chi connectivity index (χ0v) is 15.3. The van der Waals surface area contributed by atoms with E-state index in [1.807, 2.05) is 0 Å². The number of fused-ring (bicyclic) bond motifs is 1. The maximum atomic E-state index is 15.0. The molecule has 0 atom stereocenters. The molecule has 0 aliphatic carbocycles. The number of halogens is 3. The number of rotatable bonds is 5. The number of ether oxygens (including phenoxy) is 2. The van der Waals surface area contributed by atoms with Gasteiger partial charge < -0.3 is 25.4 Å². The largest absolute Gasteiger partial charge is 0.508 e. The van der Waals surface area contributed by atoms with Crippen LogP contribution in [-0.2, 0) is 16.1 Å². The van der Waals surface area contributed by atoms with Crippen LogP contribution in [0, 0.1) is 17.5 Å². The van der Waals surface area contributed by atoms with Gasteiger partial charge in [-0.3, -0.25) is 4.79 Å². The lowest BCUT2D eigenvalue weighted by Crippen LogP contribution is -2.13. The second-order valence-electron chi connectivity index (χ2n) is 6.07. The topological polar surface area (TPSA) is 118 Å². The van der Waals surface area contributed by atoms with Crippen LogP contribution in [0.5, 0.6) is 0 Å². The molecule has 1 heterocycles. The normalized spacial score (nSPS) is 10.8. The second kappa shape index (κ2) is 8.19. The Balaban J connectivity index is 2.11. The average Bonchev–Trinajstić information content (AvgIpc) is 2.72. The van der Waals surface area contributed by atoms with Crippen LogP contribution in [0.15, 0.2) is 46.1 Å². The molecule has 3 rings (SSSR count). The summed E-state index contributed by atoms with van der Waals surface area (Å²) in [6.45, 7) is 2.29. The van der Waals surface area contributed by atoms with Crippen LogP contribution in [0.1, 0.15) is 5.56 Å². The van der Waals surface area contributed by atoms with Gasteiger partial charge in [-0.25, -0.2) is 18.0 Å². The number of hydrogen-bond donors (Lipinski definition) is 2. The van der Waals surface area contributed by atoms with E-state index in [0.717, 1.165) is 12.1 Å². The minimum absolute atomic E-state index is 0.0915. The summed E-state index contributed by atoms with van der Waals surface area (Å²) in [5.41, 5.74) is 8.05. The van der Waals surface area contributed by atoms with Crippen molar-refractivity contribution >= 4 is 28.5 Å². The predicted molar refractivity (Wildman–Crippen MR) is 103 cm³/mol. The Morgan fingerprint density at radius 1 is 1.13 bits per heavy atom. The molecule has 1 aromatic heterocycles. The summed E-state index contributed by atoms with van der Waals surface area (Å²) in [4.78, 5) is 23.9. The van der Waals surface area contributed by atoms with Gasteiger partial charge in [-0.2, -0.15) is 0 Å². The summed E-state index contributed by atoms with van der Waals surface area (Å²) in [6.07, 6.45) is 0.0760. The third-order valence-electron chi connectivity index (χ3n) is 4.12. The van der Waals surface area contributed by atoms with Gasteiger partial charge in [-0.1, -0.05) is 12.7 Å². The molecular weight excluding hydrogens is 405 g/mol. The predicted octanol–water partition coefficient (Wildman–Crippen LogP) is 3.88. The van der Waals surface area contributed by atoms with Crippen molar-refractivity contribution in [1.82, 2.24) is 0 Å². The van der Waals surface area contributed by atoms with Crippen LogP contribution in [-0.4, -0.2) is 12.8 Å². The monoisotopic (exact) mass is 420 g/mol. The molecule has 7 nitrogen and oxygen atoms in total. The van der Waals surface area contributed by atoms with Crippen molar-refractivity contribution in [2.24, 2.45) is 0 Å². The number of anilines is 2. The fourth-order valence-corrected chi connectivity index (χ4v) is 2.66. The third kappa shape index (κ3) is 3.79.